The molecule has 0 aliphatic carbocycles. The fourth-order valence-electron chi connectivity index (χ4n) is 2.03. The van der Waals surface area contributed by atoms with Gasteiger partial charge < -0.3 is 10.5 Å². The van der Waals surface area contributed by atoms with Crippen LogP contribution in [0.15, 0.2) is 35.4 Å². The highest BCUT2D eigenvalue weighted by Crippen LogP contribution is 2.23. The molecular formula is C14H19N3O3S. The van der Waals surface area contributed by atoms with Crippen LogP contribution in [-0.4, -0.2) is 39.7 Å². The van der Waals surface area contributed by atoms with Crippen LogP contribution in [0.3, 0.4) is 0 Å². The van der Waals surface area contributed by atoms with Crippen molar-refractivity contribution in [3.63, 3.8) is 0 Å². The predicted octanol–water partition coefficient (Wildman–Crippen LogP) is 0.797. The van der Waals surface area contributed by atoms with Crippen molar-refractivity contribution >= 4 is 20.9 Å². The van der Waals surface area contributed by atoms with Gasteiger partial charge in [-0.1, -0.05) is 6.07 Å². The number of fused-ring (bicyclic) bond motifs is 1. The van der Waals surface area contributed by atoms with E-state index in [2.05, 4.69) is 9.71 Å². The van der Waals surface area contributed by atoms with Gasteiger partial charge in [-0.05, 0) is 30.7 Å². The minimum absolute atomic E-state index is 0.206. The molecule has 114 valence electrons. The van der Waals surface area contributed by atoms with E-state index in [1.807, 2.05) is 6.92 Å². The molecule has 2 aromatic rings. The average Bonchev–Trinajstić information content (AvgIpc) is 2.47. The first kappa shape index (κ1) is 15.8. The van der Waals surface area contributed by atoms with Gasteiger partial charge in [0.1, 0.15) is 0 Å². The SMILES string of the molecule is Cc1ccc(S(=O)(=O)NCCOCCN)c2cccnc12. The van der Waals surface area contributed by atoms with Gasteiger partial charge in [0, 0.05) is 24.7 Å². The minimum atomic E-state index is -3.59. The van der Waals surface area contributed by atoms with Crippen molar-refractivity contribution in [2.75, 3.05) is 26.3 Å². The van der Waals surface area contributed by atoms with Crippen LogP contribution in [0.1, 0.15) is 5.56 Å². The Balaban J connectivity index is 2.23. The van der Waals surface area contributed by atoms with E-state index in [0.717, 1.165) is 5.56 Å². The molecule has 0 saturated carbocycles. The van der Waals surface area contributed by atoms with Crippen LogP contribution >= 0.6 is 0 Å². The van der Waals surface area contributed by atoms with Crippen LogP contribution < -0.4 is 10.5 Å². The zero-order valence-corrected chi connectivity index (χ0v) is 12.7. The molecule has 1 aromatic heterocycles. The Morgan fingerprint density at radius 2 is 2.10 bits per heavy atom. The highest BCUT2D eigenvalue weighted by atomic mass is 32.2. The van der Waals surface area contributed by atoms with E-state index in [-0.39, 0.29) is 11.4 Å². The molecular weight excluding hydrogens is 290 g/mol. The van der Waals surface area contributed by atoms with Gasteiger partial charge in [-0.25, -0.2) is 13.1 Å². The number of sulfonamides is 1. The molecule has 2 rings (SSSR count). The molecule has 0 saturated heterocycles. The monoisotopic (exact) mass is 309 g/mol. The quantitative estimate of drug-likeness (QED) is 0.738. The number of pyridine rings is 1. The number of rotatable bonds is 7. The lowest BCUT2D eigenvalue weighted by Gasteiger charge is -2.10. The summed E-state index contributed by atoms with van der Waals surface area (Å²) < 4.78 is 32.4. The van der Waals surface area contributed by atoms with Gasteiger partial charge in [0.25, 0.3) is 0 Å². The summed E-state index contributed by atoms with van der Waals surface area (Å²) in [7, 11) is -3.59. The van der Waals surface area contributed by atoms with Gasteiger partial charge >= 0.3 is 0 Å². The molecule has 6 nitrogen and oxygen atoms in total. The van der Waals surface area contributed by atoms with Crippen LogP contribution in [0.2, 0.25) is 0 Å². The summed E-state index contributed by atoms with van der Waals surface area (Å²) in [5.41, 5.74) is 6.93. The summed E-state index contributed by atoms with van der Waals surface area (Å²) in [6.07, 6.45) is 1.65. The van der Waals surface area contributed by atoms with Crippen molar-refractivity contribution in [2.24, 2.45) is 5.73 Å². The Morgan fingerprint density at radius 3 is 2.86 bits per heavy atom. The fraction of sp³-hybridized carbons (Fsp3) is 0.357. The third kappa shape index (κ3) is 3.76. The molecule has 21 heavy (non-hydrogen) atoms. The number of benzene rings is 1. The second kappa shape index (κ2) is 6.95. The largest absolute Gasteiger partial charge is 0.379 e. The van der Waals surface area contributed by atoms with Gasteiger partial charge in [0.05, 0.1) is 23.6 Å². The highest BCUT2D eigenvalue weighted by Gasteiger charge is 2.17. The van der Waals surface area contributed by atoms with Crippen molar-refractivity contribution in [1.29, 1.82) is 0 Å². The zero-order valence-electron chi connectivity index (χ0n) is 11.9. The molecule has 0 amide bonds. The number of nitrogens with one attached hydrogen (secondary N) is 1. The summed E-state index contributed by atoms with van der Waals surface area (Å²) in [5, 5.41) is 0.618. The Kier molecular flexibility index (Phi) is 5.24. The third-order valence-corrected chi connectivity index (χ3v) is 4.54. The molecule has 3 N–H and O–H groups in total. The normalized spacial score (nSPS) is 11.9. The lowest BCUT2D eigenvalue weighted by atomic mass is 10.1. The smallest absolute Gasteiger partial charge is 0.241 e. The van der Waals surface area contributed by atoms with Crippen LogP contribution in [-0.2, 0) is 14.8 Å². The summed E-state index contributed by atoms with van der Waals surface area (Å²) in [6, 6.07) is 6.84. The molecule has 0 radical (unpaired) electrons. The van der Waals surface area contributed by atoms with Crippen LogP contribution in [0.25, 0.3) is 10.9 Å². The molecule has 0 bridgehead atoms. The van der Waals surface area contributed by atoms with E-state index in [4.69, 9.17) is 10.5 Å². The summed E-state index contributed by atoms with van der Waals surface area (Å²) in [6.45, 7) is 3.23. The number of ether oxygens (including phenoxy) is 1. The summed E-state index contributed by atoms with van der Waals surface area (Å²) in [5.74, 6) is 0. The first-order valence-electron chi connectivity index (χ1n) is 6.68. The van der Waals surface area contributed by atoms with Gasteiger partial charge in [-0.3, -0.25) is 4.98 Å². The Labute approximate surface area is 124 Å². The van der Waals surface area contributed by atoms with Crippen LogP contribution in [0, 0.1) is 6.92 Å². The molecule has 0 spiro atoms. The van der Waals surface area contributed by atoms with E-state index >= 15 is 0 Å². The van der Waals surface area contributed by atoms with Crippen LogP contribution in [0.5, 0.6) is 0 Å². The number of nitrogens with two attached hydrogens (primary N) is 1. The van der Waals surface area contributed by atoms with E-state index in [0.29, 0.717) is 30.7 Å². The molecule has 0 unspecified atom stereocenters. The number of hydrogen-bond acceptors (Lipinski definition) is 5. The third-order valence-electron chi connectivity index (χ3n) is 3.02. The second-order valence-corrected chi connectivity index (χ2v) is 6.31. The summed E-state index contributed by atoms with van der Waals surface area (Å²) in [4.78, 5) is 4.48. The number of aromatic nitrogens is 1. The minimum Gasteiger partial charge on any atom is -0.379 e. The lowest BCUT2D eigenvalue weighted by molar-refractivity contribution is 0.147. The maximum atomic E-state index is 12.4. The Bertz CT molecular complexity index is 716. The number of aryl methyl sites for hydroxylation is 1. The Morgan fingerprint density at radius 1 is 1.29 bits per heavy atom. The maximum Gasteiger partial charge on any atom is 0.241 e. The van der Waals surface area contributed by atoms with Crippen molar-refractivity contribution in [3.05, 3.63) is 36.0 Å². The lowest BCUT2D eigenvalue weighted by Crippen LogP contribution is -2.28. The number of hydrogen-bond donors (Lipinski definition) is 2. The molecule has 1 heterocycles. The topological polar surface area (TPSA) is 94.3 Å². The van der Waals surface area contributed by atoms with E-state index < -0.39 is 10.0 Å². The zero-order chi connectivity index (χ0) is 15.3. The first-order chi connectivity index (χ1) is 10.1. The highest BCUT2D eigenvalue weighted by molar-refractivity contribution is 7.89. The van der Waals surface area contributed by atoms with Gasteiger partial charge in [-0.2, -0.15) is 0 Å². The second-order valence-electron chi connectivity index (χ2n) is 4.58. The van der Waals surface area contributed by atoms with Gasteiger partial charge in [-0.15, -0.1) is 0 Å². The van der Waals surface area contributed by atoms with Crippen LogP contribution in [0.4, 0.5) is 0 Å². The average molecular weight is 309 g/mol. The van der Waals surface area contributed by atoms with Crippen molar-refractivity contribution in [3.8, 4) is 0 Å². The standard InChI is InChI=1S/C14H19N3O3S/c1-11-4-5-13(12-3-2-7-16-14(11)12)21(18,19)17-8-10-20-9-6-15/h2-5,7,17H,6,8-10,15H2,1H3. The summed E-state index contributed by atoms with van der Waals surface area (Å²) >= 11 is 0. The van der Waals surface area contributed by atoms with Gasteiger partial charge in [0.2, 0.25) is 10.0 Å². The fourth-order valence-corrected chi connectivity index (χ4v) is 3.24. The molecule has 0 aliphatic heterocycles. The van der Waals surface area contributed by atoms with Crippen molar-refractivity contribution < 1.29 is 13.2 Å². The van der Waals surface area contributed by atoms with E-state index in [9.17, 15) is 8.42 Å². The molecule has 0 aliphatic rings. The van der Waals surface area contributed by atoms with Crippen molar-refractivity contribution in [1.82, 2.24) is 9.71 Å². The molecule has 7 heteroatoms. The van der Waals surface area contributed by atoms with E-state index in [1.165, 1.54) is 0 Å². The first-order valence-corrected chi connectivity index (χ1v) is 8.16. The van der Waals surface area contributed by atoms with E-state index in [1.54, 1.807) is 30.5 Å². The van der Waals surface area contributed by atoms with Gasteiger partial charge in [0.15, 0.2) is 0 Å². The maximum absolute atomic E-state index is 12.4. The molecule has 0 atom stereocenters. The molecule has 0 fully saturated rings. The molecule has 1 aromatic carbocycles. The number of nitrogens with zero attached hydrogens (tertiary/aromatic N) is 1. The predicted molar refractivity (Wildman–Crippen MR) is 81.5 cm³/mol. The Hall–Kier alpha value is -1.54. The van der Waals surface area contributed by atoms with Crippen molar-refractivity contribution in [2.45, 2.75) is 11.8 Å².